The zero-order valence-corrected chi connectivity index (χ0v) is 24.7. The number of aliphatic imine (C=N–C) groups is 1. The number of hydrogen-bond donors (Lipinski definition) is 0. The Kier molecular flexibility index (Phi) is 9.33. The molecule has 0 N–H and O–H groups in total. The number of benzene rings is 3. The highest BCUT2D eigenvalue weighted by atomic mass is 32.2. The number of halogens is 3. The molecule has 228 valence electrons. The van der Waals surface area contributed by atoms with Crippen LogP contribution in [0.3, 0.4) is 0 Å². The van der Waals surface area contributed by atoms with Crippen molar-refractivity contribution in [2.75, 3.05) is 17.8 Å². The summed E-state index contributed by atoms with van der Waals surface area (Å²) < 4.78 is 47.8. The van der Waals surface area contributed by atoms with Gasteiger partial charge < -0.3 is 9.47 Å². The molecule has 0 radical (unpaired) electrons. The molecular weight excluding hydrogens is 595 g/mol. The number of alkyl halides is 3. The number of aryl methyl sites for hydroxylation is 2. The summed E-state index contributed by atoms with van der Waals surface area (Å²) in [6, 6.07) is 18.5. The second-order valence-electron chi connectivity index (χ2n) is 9.92. The Balaban J connectivity index is 1.12. The maximum Gasteiger partial charge on any atom is 0.573 e. The molecule has 1 fully saturated rings. The van der Waals surface area contributed by atoms with E-state index in [1.54, 1.807) is 19.2 Å². The average molecular weight is 624 g/mol. The molecule has 9 nitrogen and oxygen atoms in total. The van der Waals surface area contributed by atoms with Crippen molar-refractivity contribution in [3.63, 3.8) is 0 Å². The molecule has 0 unspecified atom stereocenters. The number of amidine groups is 1. The second kappa shape index (κ2) is 13.3. The van der Waals surface area contributed by atoms with Gasteiger partial charge in [-0.1, -0.05) is 36.0 Å². The number of unbranched alkanes of at least 4 members (excludes halogenated alkanes) is 1. The minimum Gasteiger partial charge on any atom is -0.497 e. The lowest BCUT2D eigenvalue weighted by Crippen LogP contribution is -2.30. The highest BCUT2D eigenvalue weighted by molar-refractivity contribution is 8.15. The standard InChI is InChI=1S/C31H28F3N5O4S/c1-20-17-25(42-2)15-16-26(20)39-28(41)18-44-30(39)36-27(40)6-4-3-5-21-7-9-22(10-8-21)29-35-19-38(37-29)23-11-13-24(14-12-23)43-31(32,33)34/h7-17,19H,3-6,18H2,1-2H3. The summed E-state index contributed by atoms with van der Waals surface area (Å²) in [5.74, 6) is 0.696. The van der Waals surface area contributed by atoms with Gasteiger partial charge in [0.25, 0.3) is 0 Å². The molecule has 13 heteroatoms. The van der Waals surface area contributed by atoms with Gasteiger partial charge in [-0.3, -0.25) is 14.5 Å². The molecule has 3 aromatic carbocycles. The molecule has 5 rings (SSSR count). The van der Waals surface area contributed by atoms with Crippen molar-refractivity contribution in [2.45, 2.75) is 39.0 Å². The van der Waals surface area contributed by atoms with Gasteiger partial charge in [0, 0.05) is 12.0 Å². The van der Waals surface area contributed by atoms with Crippen LogP contribution in [-0.2, 0) is 16.0 Å². The van der Waals surface area contributed by atoms with Gasteiger partial charge in [0.05, 0.1) is 24.2 Å². The van der Waals surface area contributed by atoms with Crippen molar-refractivity contribution >= 4 is 34.4 Å². The Morgan fingerprint density at radius 3 is 2.43 bits per heavy atom. The van der Waals surface area contributed by atoms with Crippen LogP contribution in [-0.4, -0.2) is 51.0 Å². The molecule has 2 amide bonds. The van der Waals surface area contributed by atoms with E-state index in [0.717, 1.165) is 29.5 Å². The number of hydrogen-bond acceptors (Lipinski definition) is 7. The molecule has 0 bridgehead atoms. The quantitative estimate of drug-likeness (QED) is 0.185. The van der Waals surface area contributed by atoms with E-state index in [9.17, 15) is 22.8 Å². The Bertz CT molecular complexity index is 1670. The zero-order valence-electron chi connectivity index (χ0n) is 23.9. The first-order chi connectivity index (χ1) is 21.1. The van der Waals surface area contributed by atoms with Gasteiger partial charge in [-0.15, -0.1) is 18.3 Å². The lowest BCUT2D eigenvalue weighted by molar-refractivity contribution is -0.274. The minimum atomic E-state index is -4.75. The number of amides is 2. The minimum absolute atomic E-state index is 0.117. The van der Waals surface area contributed by atoms with Crippen LogP contribution in [0.2, 0.25) is 0 Å². The first-order valence-electron chi connectivity index (χ1n) is 13.7. The fraction of sp³-hybridized carbons (Fsp3) is 0.258. The van der Waals surface area contributed by atoms with E-state index in [1.807, 2.05) is 37.3 Å². The molecule has 0 spiro atoms. The number of ether oxygens (including phenoxy) is 2. The monoisotopic (exact) mass is 623 g/mol. The molecule has 1 saturated heterocycles. The maximum absolute atomic E-state index is 12.6. The number of rotatable bonds is 10. The van der Waals surface area contributed by atoms with Crippen LogP contribution < -0.4 is 14.4 Å². The van der Waals surface area contributed by atoms with Crippen molar-refractivity contribution in [1.82, 2.24) is 14.8 Å². The van der Waals surface area contributed by atoms with Gasteiger partial charge in [0.15, 0.2) is 11.0 Å². The third-order valence-corrected chi connectivity index (χ3v) is 7.70. The van der Waals surface area contributed by atoms with E-state index in [2.05, 4.69) is 19.8 Å². The van der Waals surface area contributed by atoms with E-state index in [4.69, 9.17) is 4.74 Å². The molecule has 0 atom stereocenters. The van der Waals surface area contributed by atoms with Crippen LogP contribution in [0.15, 0.2) is 78.0 Å². The predicted octanol–water partition coefficient (Wildman–Crippen LogP) is 6.53. The van der Waals surface area contributed by atoms with Gasteiger partial charge in [-0.2, -0.15) is 4.99 Å². The Morgan fingerprint density at radius 1 is 1.02 bits per heavy atom. The molecule has 0 aliphatic carbocycles. The van der Waals surface area contributed by atoms with Crippen molar-refractivity contribution in [3.8, 4) is 28.6 Å². The van der Waals surface area contributed by atoms with Gasteiger partial charge in [0.2, 0.25) is 11.8 Å². The molecule has 0 saturated carbocycles. The zero-order chi connectivity index (χ0) is 31.3. The van der Waals surface area contributed by atoms with E-state index in [0.29, 0.717) is 34.5 Å². The first kappa shape index (κ1) is 30.8. The number of aromatic nitrogens is 3. The van der Waals surface area contributed by atoms with E-state index >= 15 is 0 Å². The first-order valence-corrected chi connectivity index (χ1v) is 14.7. The molecular formula is C31H28F3N5O4S. The number of carbonyl (C=O) groups excluding carboxylic acids is 2. The van der Waals surface area contributed by atoms with Crippen LogP contribution in [0.5, 0.6) is 11.5 Å². The number of thioether (sulfide) groups is 1. The largest absolute Gasteiger partial charge is 0.573 e. The van der Waals surface area contributed by atoms with Crippen molar-refractivity contribution in [2.24, 2.45) is 4.99 Å². The third kappa shape index (κ3) is 7.64. The summed E-state index contributed by atoms with van der Waals surface area (Å²) in [5, 5.41) is 4.82. The SMILES string of the molecule is COc1ccc(N2C(=O)CSC2=NC(=O)CCCCc2ccc(-c3ncn(-c4ccc(OC(F)(F)F)cc4)n3)cc2)c(C)c1. The number of nitrogens with zero attached hydrogens (tertiary/aromatic N) is 5. The summed E-state index contributed by atoms with van der Waals surface area (Å²) in [5.41, 5.74) is 3.95. The van der Waals surface area contributed by atoms with Gasteiger partial charge in [-0.05, 0) is 79.8 Å². The number of anilines is 1. The average Bonchev–Trinajstić information content (AvgIpc) is 3.62. The van der Waals surface area contributed by atoms with Crippen LogP contribution in [0.4, 0.5) is 18.9 Å². The highest BCUT2D eigenvalue weighted by Crippen LogP contribution is 2.32. The summed E-state index contributed by atoms with van der Waals surface area (Å²) >= 11 is 1.26. The summed E-state index contributed by atoms with van der Waals surface area (Å²) in [6.07, 6.45) is -0.793. The van der Waals surface area contributed by atoms with Crippen LogP contribution >= 0.6 is 11.8 Å². The highest BCUT2D eigenvalue weighted by Gasteiger charge is 2.32. The fourth-order valence-corrected chi connectivity index (χ4v) is 5.47. The topological polar surface area (TPSA) is 98.9 Å². The molecule has 1 aromatic heterocycles. The molecule has 1 aliphatic rings. The Labute approximate surface area is 255 Å². The second-order valence-corrected chi connectivity index (χ2v) is 10.9. The van der Waals surface area contributed by atoms with Gasteiger partial charge >= 0.3 is 6.36 Å². The van der Waals surface area contributed by atoms with Crippen LogP contribution in [0.1, 0.15) is 30.4 Å². The maximum atomic E-state index is 12.6. The third-order valence-electron chi connectivity index (χ3n) is 6.78. The van der Waals surface area contributed by atoms with E-state index < -0.39 is 6.36 Å². The van der Waals surface area contributed by atoms with Crippen molar-refractivity contribution < 1.29 is 32.2 Å². The van der Waals surface area contributed by atoms with Gasteiger partial charge in [0.1, 0.15) is 17.8 Å². The van der Waals surface area contributed by atoms with Crippen LogP contribution in [0, 0.1) is 6.92 Å². The predicted molar refractivity (Wildman–Crippen MR) is 161 cm³/mol. The molecule has 2 heterocycles. The lowest BCUT2D eigenvalue weighted by atomic mass is 10.0. The summed E-state index contributed by atoms with van der Waals surface area (Å²) in [6.45, 7) is 1.88. The van der Waals surface area contributed by atoms with E-state index in [-0.39, 0.29) is 29.7 Å². The Morgan fingerprint density at radius 2 is 1.75 bits per heavy atom. The van der Waals surface area contributed by atoms with Crippen LogP contribution in [0.25, 0.3) is 17.1 Å². The summed E-state index contributed by atoms with van der Waals surface area (Å²) in [4.78, 5) is 35.2. The van der Waals surface area contributed by atoms with Crippen molar-refractivity contribution in [1.29, 1.82) is 0 Å². The summed E-state index contributed by atoms with van der Waals surface area (Å²) in [7, 11) is 1.58. The van der Waals surface area contributed by atoms with Crippen molar-refractivity contribution in [3.05, 3.63) is 84.2 Å². The molecule has 4 aromatic rings. The molecule has 44 heavy (non-hydrogen) atoms. The Hall–Kier alpha value is -4.65. The van der Waals surface area contributed by atoms with E-state index in [1.165, 1.54) is 51.9 Å². The molecule has 1 aliphatic heterocycles. The lowest BCUT2D eigenvalue weighted by Gasteiger charge is -2.18. The van der Waals surface area contributed by atoms with Gasteiger partial charge in [-0.25, -0.2) is 9.67 Å². The number of carbonyl (C=O) groups is 2. The normalized spacial score (nSPS) is 14.3. The fourth-order valence-electron chi connectivity index (χ4n) is 4.60. The smallest absolute Gasteiger partial charge is 0.497 e. The number of methoxy groups -OCH3 is 1.